The Balaban J connectivity index is 1.19. The molecular formula is C27H24N4O2. The van der Waals surface area contributed by atoms with Crippen LogP contribution in [0.4, 0.5) is 5.69 Å². The zero-order chi connectivity index (χ0) is 22.4. The minimum atomic E-state index is -0.124. The Morgan fingerprint density at radius 2 is 1.45 bits per heavy atom. The molecular weight excluding hydrogens is 412 g/mol. The van der Waals surface area contributed by atoms with Crippen molar-refractivity contribution >= 4 is 28.3 Å². The van der Waals surface area contributed by atoms with Crippen LogP contribution in [0, 0.1) is 0 Å². The summed E-state index contributed by atoms with van der Waals surface area (Å²) < 4.78 is 0. The number of anilines is 1. The number of carbonyl (C=O) groups is 2. The second kappa shape index (κ2) is 7.98. The summed E-state index contributed by atoms with van der Waals surface area (Å²) in [6, 6.07) is 21.2. The Bertz CT molecular complexity index is 1370. The van der Waals surface area contributed by atoms with E-state index < -0.39 is 0 Å². The van der Waals surface area contributed by atoms with E-state index in [1.807, 2.05) is 12.1 Å². The number of hydrogen-bond donors (Lipinski definition) is 1. The minimum Gasteiger partial charge on any atom is -0.369 e. The minimum absolute atomic E-state index is 0.108. The van der Waals surface area contributed by atoms with Gasteiger partial charge in [-0.3, -0.25) is 14.5 Å². The molecule has 1 aliphatic heterocycles. The summed E-state index contributed by atoms with van der Waals surface area (Å²) in [5.41, 5.74) is 4.49. The van der Waals surface area contributed by atoms with E-state index in [2.05, 4.69) is 39.0 Å². The van der Waals surface area contributed by atoms with Gasteiger partial charge in [0.25, 0.3) is 0 Å². The van der Waals surface area contributed by atoms with Gasteiger partial charge < -0.3 is 9.88 Å². The number of para-hydroxylation sites is 1. The lowest BCUT2D eigenvalue weighted by molar-refractivity contribution is 0.0980. The maximum absolute atomic E-state index is 13.2. The van der Waals surface area contributed by atoms with Crippen LogP contribution in [-0.4, -0.2) is 59.2 Å². The number of carbonyl (C=O) groups excluding carboxylic acids is 2. The topological polar surface area (TPSA) is 69.3 Å². The van der Waals surface area contributed by atoms with E-state index in [0.717, 1.165) is 50.5 Å². The maximum atomic E-state index is 13.2. The highest BCUT2D eigenvalue weighted by Gasteiger charge is 2.32. The zero-order valence-corrected chi connectivity index (χ0v) is 18.3. The largest absolute Gasteiger partial charge is 0.369 e. The molecule has 1 fully saturated rings. The SMILES string of the molecule is O=C1c2ccccc2C(=O)c2c1ccc1[nH]c(CCN3CCN(c4ccccc4)CC3)nc21. The Morgan fingerprint density at radius 3 is 2.21 bits per heavy atom. The molecule has 0 spiro atoms. The molecule has 1 saturated heterocycles. The molecule has 2 aliphatic rings. The summed E-state index contributed by atoms with van der Waals surface area (Å²) in [7, 11) is 0. The Morgan fingerprint density at radius 1 is 0.758 bits per heavy atom. The van der Waals surface area contributed by atoms with Crippen LogP contribution in [0.2, 0.25) is 0 Å². The molecule has 1 aliphatic carbocycles. The third-order valence-electron chi connectivity index (χ3n) is 6.75. The van der Waals surface area contributed by atoms with E-state index in [1.165, 1.54) is 5.69 Å². The number of aromatic nitrogens is 2. The van der Waals surface area contributed by atoms with Crippen LogP contribution in [0.15, 0.2) is 66.7 Å². The zero-order valence-electron chi connectivity index (χ0n) is 18.3. The summed E-state index contributed by atoms with van der Waals surface area (Å²) in [6.07, 6.45) is 0.771. The number of nitrogens with zero attached hydrogens (tertiary/aromatic N) is 3. The molecule has 4 aromatic rings. The van der Waals surface area contributed by atoms with Gasteiger partial charge in [-0.1, -0.05) is 42.5 Å². The summed E-state index contributed by atoms with van der Waals surface area (Å²) >= 11 is 0. The van der Waals surface area contributed by atoms with E-state index in [-0.39, 0.29) is 11.6 Å². The van der Waals surface area contributed by atoms with Crippen LogP contribution >= 0.6 is 0 Å². The number of piperazine rings is 1. The Labute approximate surface area is 191 Å². The van der Waals surface area contributed by atoms with Crippen molar-refractivity contribution in [3.63, 3.8) is 0 Å². The second-order valence-corrected chi connectivity index (χ2v) is 8.69. The highest BCUT2D eigenvalue weighted by molar-refractivity contribution is 6.31. The first-order chi connectivity index (χ1) is 16.2. The molecule has 0 atom stereocenters. The molecule has 0 amide bonds. The van der Waals surface area contributed by atoms with Gasteiger partial charge in [0.1, 0.15) is 11.3 Å². The first kappa shape index (κ1) is 19.9. The van der Waals surface area contributed by atoms with Crippen LogP contribution in [0.1, 0.15) is 37.7 Å². The van der Waals surface area contributed by atoms with Crippen molar-refractivity contribution in [3.8, 4) is 0 Å². The van der Waals surface area contributed by atoms with Crippen LogP contribution in [0.5, 0.6) is 0 Å². The molecule has 164 valence electrons. The number of hydrogen-bond acceptors (Lipinski definition) is 5. The number of H-pyrrole nitrogens is 1. The van der Waals surface area contributed by atoms with Gasteiger partial charge in [0, 0.05) is 61.5 Å². The average Bonchev–Trinajstić information content (AvgIpc) is 3.30. The third-order valence-corrected chi connectivity index (χ3v) is 6.75. The monoisotopic (exact) mass is 436 g/mol. The van der Waals surface area contributed by atoms with Crippen LogP contribution in [0.25, 0.3) is 11.0 Å². The first-order valence-corrected chi connectivity index (χ1v) is 11.4. The molecule has 33 heavy (non-hydrogen) atoms. The Kier molecular flexibility index (Phi) is 4.80. The lowest BCUT2D eigenvalue weighted by atomic mass is 9.83. The summed E-state index contributed by atoms with van der Waals surface area (Å²) in [4.78, 5) is 39.2. The van der Waals surface area contributed by atoms with Gasteiger partial charge in [-0.15, -0.1) is 0 Å². The molecule has 0 unspecified atom stereocenters. The van der Waals surface area contributed by atoms with Gasteiger partial charge in [0.05, 0.1) is 11.1 Å². The van der Waals surface area contributed by atoms with Gasteiger partial charge in [-0.25, -0.2) is 4.98 Å². The van der Waals surface area contributed by atoms with E-state index in [4.69, 9.17) is 4.98 Å². The molecule has 6 nitrogen and oxygen atoms in total. The Hall–Kier alpha value is -3.77. The number of ketones is 2. The predicted octanol–water partition coefficient (Wildman–Crippen LogP) is 3.70. The van der Waals surface area contributed by atoms with Gasteiger partial charge >= 0.3 is 0 Å². The summed E-state index contributed by atoms with van der Waals surface area (Å²) in [6.45, 7) is 4.93. The van der Waals surface area contributed by atoms with Crippen molar-refractivity contribution in [2.75, 3.05) is 37.6 Å². The number of imidazole rings is 1. The van der Waals surface area contributed by atoms with Crippen molar-refractivity contribution in [1.82, 2.24) is 14.9 Å². The van der Waals surface area contributed by atoms with Crippen molar-refractivity contribution in [3.05, 3.63) is 94.8 Å². The predicted molar refractivity (Wildman–Crippen MR) is 128 cm³/mol. The second-order valence-electron chi connectivity index (χ2n) is 8.69. The van der Waals surface area contributed by atoms with Crippen molar-refractivity contribution in [2.45, 2.75) is 6.42 Å². The number of benzene rings is 3. The first-order valence-electron chi connectivity index (χ1n) is 11.4. The fourth-order valence-corrected chi connectivity index (χ4v) is 4.96. The number of nitrogens with one attached hydrogen (secondary N) is 1. The molecule has 1 aromatic heterocycles. The van der Waals surface area contributed by atoms with Crippen LogP contribution in [-0.2, 0) is 6.42 Å². The molecule has 6 heteroatoms. The fourth-order valence-electron chi connectivity index (χ4n) is 4.96. The number of rotatable bonds is 4. The molecule has 1 N–H and O–H groups in total. The number of aromatic amines is 1. The third kappa shape index (κ3) is 3.43. The molecule has 0 saturated carbocycles. The highest BCUT2D eigenvalue weighted by Crippen LogP contribution is 2.31. The molecule has 2 heterocycles. The van der Waals surface area contributed by atoms with E-state index in [0.29, 0.717) is 27.8 Å². The van der Waals surface area contributed by atoms with E-state index in [1.54, 1.807) is 30.3 Å². The van der Waals surface area contributed by atoms with Crippen LogP contribution < -0.4 is 4.90 Å². The van der Waals surface area contributed by atoms with E-state index >= 15 is 0 Å². The maximum Gasteiger partial charge on any atom is 0.196 e. The van der Waals surface area contributed by atoms with Gasteiger partial charge in [0.15, 0.2) is 11.6 Å². The lowest BCUT2D eigenvalue weighted by Gasteiger charge is -2.36. The smallest absolute Gasteiger partial charge is 0.196 e. The molecule has 0 bridgehead atoms. The quantitative estimate of drug-likeness (QED) is 0.465. The van der Waals surface area contributed by atoms with Crippen molar-refractivity contribution in [2.24, 2.45) is 0 Å². The number of fused-ring (bicyclic) bond motifs is 4. The standard InChI is InChI=1S/C27H24N4O2/c32-26-19-8-4-5-9-20(19)27(33)24-21(26)10-11-22-25(24)29-23(28-22)12-13-30-14-16-31(17-15-30)18-6-2-1-3-7-18/h1-11H,12-17H2,(H,28,29). The van der Waals surface area contributed by atoms with Crippen molar-refractivity contribution < 1.29 is 9.59 Å². The van der Waals surface area contributed by atoms with Crippen molar-refractivity contribution in [1.29, 1.82) is 0 Å². The summed E-state index contributed by atoms with van der Waals surface area (Å²) in [5, 5.41) is 0. The molecule has 3 aromatic carbocycles. The van der Waals surface area contributed by atoms with Gasteiger partial charge in [-0.05, 0) is 24.3 Å². The van der Waals surface area contributed by atoms with E-state index in [9.17, 15) is 9.59 Å². The molecule has 6 rings (SSSR count). The van der Waals surface area contributed by atoms with Gasteiger partial charge in [0.2, 0.25) is 0 Å². The normalized spacial score (nSPS) is 16.2. The highest BCUT2D eigenvalue weighted by atomic mass is 16.1. The molecule has 0 radical (unpaired) electrons. The van der Waals surface area contributed by atoms with Gasteiger partial charge in [-0.2, -0.15) is 0 Å². The fraction of sp³-hybridized carbons (Fsp3) is 0.222. The van der Waals surface area contributed by atoms with Crippen LogP contribution in [0.3, 0.4) is 0 Å². The lowest BCUT2D eigenvalue weighted by Crippen LogP contribution is -2.47. The summed E-state index contributed by atoms with van der Waals surface area (Å²) in [5.74, 6) is 0.617. The average molecular weight is 437 g/mol.